The standard InChI is InChI=1S/C17H18ClN3/c18-15-8-4-5-13(11-15)12-16(14-6-2-1-3-7-14)21-17-19-9-10-20-17/h1-8,11,16H,9-10,12H2,(H2,19,20,21). The van der Waals surface area contributed by atoms with Crippen molar-refractivity contribution in [1.82, 2.24) is 10.6 Å². The van der Waals surface area contributed by atoms with Crippen LogP contribution in [0.15, 0.2) is 59.6 Å². The maximum Gasteiger partial charge on any atom is 0.191 e. The van der Waals surface area contributed by atoms with Crippen LogP contribution in [0.2, 0.25) is 5.02 Å². The van der Waals surface area contributed by atoms with Gasteiger partial charge in [-0.2, -0.15) is 0 Å². The Labute approximate surface area is 130 Å². The zero-order valence-corrected chi connectivity index (χ0v) is 12.5. The Morgan fingerprint density at radius 1 is 1.14 bits per heavy atom. The summed E-state index contributed by atoms with van der Waals surface area (Å²) in [6.45, 7) is 1.74. The van der Waals surface area contributed by atoms with E-state index in [1.807, 2.05) is 24.3 Å². The van der Waals surface area contributed by atoms with Crippen LogP contribution in [0.25, 0.3) is 0 Å². The van der Waals surface area contributed by atoms with Crippen molar-refractivity contribution in [2.45, 2.75) is 12.5 Å². The Morgan fingerprint density at radius 3 is 2.71 bits per heavy atom. The second-order valence-electron chi connectivity index (χ2n) is 5.10. The summed E-state index contributed by atoms with van der Waals surface area (Å²) in [5, 5.41) is 7.54. The lowest BCUT2D eigenvalue weighted by Gasteiger charge is -2.20. The molecule has 0 bridgehead atoms. The first-order valence-electron chi connectivity index (χ1n) is 7.15. The van der Waals surface area contributed by atoms with Crippen LogP contribution in [0.1, 0.15) is 17.2 Å². The SMILES string of the molecule is Clc1cccc(CC(NC2=NCCN2)c2ccccc2)c1. The highest BCUT2D eigenvalue weighted by Crippen LogP contribution is 2.20. The van der Waals surface area contributed by atoms with E-state index in [-0.39, 0.29) is 6.04 Å². The van der Waals surface area contributed by atoms with Gasteiger partial charge in [-0.05, 0) is 29.7 Å². The molecule has 0 aromatic heterocycles. The first-order valence-corrected chi connectivity index (χ1v) is 7.53. The lowest BCUT2D eigenvalue weighted by Crippen LogP contribution is -2.37. The van der Waals surface area contributed by atoms with Crippen LogP contribution in [0.4, 0.5) is 0 Å². The molecule has 108 valence electrons. The number of hydrogen-bond acceptors (Lipinski definition) is 3. The molecule has 3 rings (SSSR count). The maximum atomic E-state index is 6.09. The molecule has 3 nitrogen and oxygen atoms in total. The Balaban J connectivity index is 1.81. The van der Waals surface area contributed by atoms with Gasteiger partial charge in [-0.15, -0.1) is 0 Å². The van der Waals surface area contributed by atoms with Gasteiger partial charge in [-0.1, -0.05) is 54.1 Å². The van der Waals surface area contributed by atoms with Gasteiger partial charge < -0.3 is 10.6 Å². The summed E-state index contributed by atoms with van der Waals surface area (Å²) in [6.07, 6.45) is 0.866. The molecule has 2 aromatic carbocycles. The van der Waals surface area contributed by atoms with Gasteiger partial charge in [0, 0.05) is 11.6 Å². The molecule has 0 amide bonds. The van der Waals surface area contributed by atoms with E-state index in [9.17, 15) is 0 Å². The largest absolute Gasteiger partial charge is 0.355 e. The summed E-state index contributed by atoms with van der Waals surface area (Å²) >= 11 is 6.09. The van der Waals surface area contributed by atoms with E-state index in [0.29, 0.717) is 0 Å². The summed E-state index contributed by atoms with van der Waals surface area (Å²) in [7, 11) is 0. The summed E-state index contributed by atoms with van der Waals surface area (Å²) in [4.78, 5) is 4.43. The first-order chi connectivity index (χ1) is 10.3. The minimum Gasteiger partial charge on any atom is -0.355 e. The van der Waals surface area contributed by atoms with Crippen molar-refractivity contribution >= 4 is 17.6 Å². The maximum absolute atomic E-state index is 6.09. The van der Waals surface area contributed by atoms with Crippen LogP contribution >= 0.6 is 11.6 Å². The third-order valence-electron chi connectivity index (χ3n) is 3.52. The average molecular weight is 300 g/mol. The number of guanidine groups is 1. The van der Waals surface area contributed by atoms with Crippen molar-refractivity contribution in [1.29, 1.82) is 0 Å². The van der Waals surface area contributed by atoms with Crippen molar-refractivity contribution in [3.63, 3.8) is 0 Å². The normalized spacial score (nSPS) is 15.2. The number of nitrogens with one attached hydrogen (secondary N) is 2. The molecule has 1 heterocycles. The highest BCUT2D eigenvalue weighted by molar-refractivity contribution is 6.30. The number of benzene rings is 2. The monoisotopic (exact) mass is 299 g/mol. The molecule has 1 unspecified atom stereocenters. The van der Waals surface area contributed by atoms with Gasteiger partial charge in [0.15, 0.2) is 5.96 Å². The van der Waals surface area contributed by atoms with E-state index in [2.05, 4.69) is 46.0 Å². The summed E-state index contributed by atoms with van der Waals surface area (Å²) in [5.41, 5.74) is 2.45. The van der Waals surface area contributed by atoms with Gasteiger partial charge in [-0.25, -0.2) is 0 Å². The minimum absolute atomic E-state index is 0.175. The van der Waals surface area contributed by atoms with Crippen LogP contribution in [-0.4, -0.2) is 19.0 Å². The number of rotatable bonds is 4. The van der Waals surface area contributed by atoms with E-state index in [0.717, 1.165) is 30.5 Å². The second-order valence-corrected chi connectivity index (χ2v) is 5.54. The molecule has 0 fully saturated rings. The Morgan fingerprint density at radius 2 is 2.00 bits per heavy atom. The molecule has 0 saturated heterocycles. The first kappa shape index (κ1) is 14.0. The summed E-state index contributed by atoms with van der Waals surface area (Å²) < 4.78 is 0. The van der Waals surface area contributed by atoms with E-state index in [4.69, 9.17) is 11.6 Å². The molecular weight excluding hydrogens is 282 g/mol. The molecule has 0 saturated carbocycles. The Hall–Kier alpha value is -2.00. The molecule has 2 aromatic rings. The van der Waals surface area contributed by atoms with Gasteiger partial charge in [0.25, 0.3) is 0 Å². The van der Waals surface area contributed by atoms with Crippen molar-refractivity contribution in [3.05, 3.63) is 70.7 Å². The highest BCUT2D eigenvalue weighted by atomic mass is 35.5. The topological polar surface area (TPSA) is 36.4 Å². The zero-order valence-electron chi connectivity index (χ0n) is 11.7. The van der Waals surface area contributed by atoms with Crippen molar-refractivity contribution < 1.29 is 0 Å². The molecule has 4 heteroatoms. The van der Waals surface area contributed by atoms with Crippen LogP contribution in [0.5, 0.6) is 0 Å². The number of halogens is 1. The molecule has 0 spiro atoms. The van der Waals surface area contributed by atoms with E-state index in [1.165, 1.54) is 11.1 Å². The predicted molar refractivity (Wildman–Crippen MR) is 87.8 cm³/mol. The third-order valence-corrected chi connectivity index (χ3v) is 3.75. The Kier molecular flexibility index (Phi) is 4.41. The average Bonchev–Trinajstić information content (AvgIpc) is 3.01. The molecular formula is C17H18ClN3. The fraction of sp³-hybridized carbons (Fsp3) is 0.235. The number of hydrogen-bond donors (Lipinski definition) is 2. The lowest BCUT2D eigenvalue weighted by atomic mass is 9.99. The van der Waals surface area contributed by atoms with Gasteiger partial charge >= 0.3 is 0 Å². The second kappa shape index (κ2) is 6.64. The zero-order chi connectivity index (χ0) is 14.5. The summed E-state index contributed by atoms with van der Waals surface area (Å²) in [5.74, 6) is 0.880. The molecule has 21 heavy (non-hydrogen) atoms. The van der Waals surface area contributed by atoms with Crippen LogP contribution in [0, 0.1) is 0 Å². The molecule has 1 aliphatic heterocycles. The van der Waals surface area contributed by atoms with Gasteiger partial charge in [0.1, 0.15) is 0 Å². The van der Waals surface area contributed by atoms with E-state index >= 15 is 0 Å². The highest BCUT2D eigenvalue weighted by Gasteiger charge is 2.15. The lowest BCUT2D eigenvalue weighted by molar-refractivity contribution is 0.634. The smallest absolute Gasteiger partial charge is 0.191 e. The van der Waals surface area contributed by atoms with E-state index < -0.39 is 0 Å². The number of aliphatic imine (C=N–C) groups is 1. The minimum atomic E-state index is 0.175. The summed E-state index contributed by atoms with van der Waals surface area (Å²) in [6, 6.07) is 18.6. The quantitative estimate of drug-likeness (QED) is 0.910. The van der Waals surface area contributed by atoms with Crippen molar-refractivity contribution in [2.24, 2.45) is 4.99 Å². The van der Waals surface area contributed by atoms with Gasteiger partial charge in [-0.3, -0.25) is 4.99 Å². The molecule has 1 aliphatic rings. The van der Waals surface area contributed by atoms with Gasteiger partial charge in [0.2, 0.25) is 0 Å². The third kappa shape index (κ3) is 3.76. The van der Waals surface area contributed by atoms with Crippen molar-refractivity contribution in [3.8, 4) is 0 Å². The molecule has 1 atom stereocenters. The van der Waals surface area contributed by atoms with E-state index in [1.54, 1.807) is 0 Å². The molecule has 0 radical (unpaired) electrons. The fourth-order valence-corrected chi connectivity index (χ4v) is 2.71. The fourth-order valence-electron chi connectivity index (χ4n) is 2.50. The Bertz CT molecular complexity index is 625. The van der Waals surface area contributed by atoms with Crippen LogP contribution in [0.3, 0.4) is 0 Å². The van der Waals surface area contributed by atoms with Gasteiger partial charge in [0.05, 0.1) is 12.6 Å². The number of nitrogens with zero attached hydrogens (tertiary/aromatic N) is 1. The van der Waals surface area contributed by atoms with Crippen LogP contribution in [-0.2, 0) is 6.42 Å². The molecule has 2 N–H and O–H groups in total. The van der Waals surface area contributed by atoms with Crippen molar-refractivity contribution in [2.75, 3.05) is 13.1 Å². The van der Waals surface area contributed by atoms with Crippen LogP contribution < -0.4 is 10.6 Å². The molecule has 0 aliphatic carbocycles. The predicted octanol–water partition coefficient (Wildman–Crippen LogP) is 3.17.